The van der Waals surface area contributed by atoms with Crippen molar-refractivity contribution in [3.05, 3.63) is 151 Å². The lowest BCUT2D eigenvalue weighted by Crippen LogP contribution is -2.26. The summed E-state index contributed by atoms with van der Waals surface area (Å²) in [6, 6.07) is 51.7. The number of aromatic nitrogens is 1. The van der Waals surface area contributed by atoms with Crippen LogP contribution in [-0.4, -0.2) is 4.57 Å². The van der Waals surface area contributed by atoms with Gasteiger partial charge in [0.1, 0.15) is 0 Å². The van der Waals surface area contributed by atoms with E-state index in [2.05, 4.69) is 158 Å². The minimum Gasteiger partial charge on any atom is -0.309 e. The summed E-state index contributed by atoms with van der Waals surface area (Å²) < 4.78 is 2.51. The summed E-state index contributed by atoms with van der Waals surface area (Å²) in [5, 5.41) is 7.78. The largest absolute Gasteiger partial charge is 0.309 e. The Kier molecular flexibility index (Phi) is 4.73. The normalized spacial score (nSPS) is 13.7. The molecule has 0 aliphatic carbocycles. The van der Waals surface area contributed by atoms with Gasteiger partial charge in [-0.05, 0) is 91.3 Å². The fourth-order valence-corrected chi connectivity index (χ4v) is 7.47. The molecule has 0 atom stereocenters. The van der Waals surface area contributed by atoms with E-state index in [1.165, 1.54) is 82.4 Å². The van der Waals surface area contributed by atoms with Crippen LogP contribution in [0.5, 0.6) is 0 Å². The third-order valence-electron chi connectivity index (χ3n) is 9.54. The predicted molar refractivity (Wildman–Crippen MR) is 179 cm³/mol. The molecule has 0 saturated heterocycles. The molecule has 0 radical (unpaired) electrons. The average Bonchev–Trinajstić information content (AvgIpc) is 3.37. The molecule has 8 aromatic rings. The second-order valence-corrected chi connectivity index (χ2v) is 12.2. The molecular formula is C41H29N. The van der Waals surface area contributed by atoms with Gasteiger partial charge in [0, 0.05) is 16.2 Å². The Morgan fingerprint density at radius 2 is 1.14 bits per heavy atom. The zero-order chi connectivity index (χ0) is 28.0. The van der Waals surface area contributed by atoms with Crippen LogP contribution >= 0.6 is 0 Å². The van der Waals surface area contributed by atoms with Gasteiger partial charge in [-0.15, -0.1) is 0 Å². The molecule has 1 aliphatic rings. The van der Waals surface area contributed by atoms with Crippen LogP contribution < -0.4 is 0 Å². The van der Waals surface area contributed by atoms with Crippen LogP contribution in [0.3, 0.4) is 0 Å². The van der Waals surface area contributed by atoms with Crippen molar-refractivity contribution < 1.29 is 0 Å². The Morgan fingerprint density at radius 1 is 0.452 bits per heavy atom. The van der Waals surface area contributed by atoms with Crippen LogP contribution in [0.25, 0.3) is 71.3 Å². The number of para-hydroxylation sites is 1. The van der Waals surface area contributed by atoms with E-state index >= 15 is 0 Å². The summed E-state index contributed by atoms with van der Waals surface area (Å²) in [7, 11) is 0. The van der Waals surface area contributed by atoms with Gasteiger partial charge in [0.2, 0.25) is 0 Å². The molecule has 0 amide bonds. The Hall–Kier alpha value is -5.14. The molecule has 0 fully saturated rings. The Balaban J connectivity index is 1.42. The highest BCUT2D eigenvalue weighted by molar-refractivity contribution is 6.17. The zero-order valence-electron chi connectivity index (χ0n) is 23.7. The van der Waals surface area contributed by atoms with Crippen LogP contribution in [0.2, 0.25) is 0 Å². The van der Waals surface area contributed by atoms with E-state index in [0.717, 1.165) is 0 Å². The van der Waals surface area contributed by atoms with E-state index < -0.39 is 0 Å². The number of benzene rings is 7. The van der Waals surface area contributed by atoms with Crippen LogP contribution in [0.15, 0.2) is 140 Å². The van der Waals surface area contributed by atoms with Gasteiger partial charge in [0.25, 0.3) is 0 Å². The average molecular weight is 536 g/mol. The molecule has 2 heterocycles. The number of nitrogens with zero attached hydrogens (tertiary/aromatic N) is 1. The second-order valence-electron chi connectivity index (χ2n) is 12.2. The van der Waals surface area contributed by atoms with Crippen LogP contribution in [0.4, 0.5) is 0 Å². The molecule has 0 saturated carbocycles. The minimum atomic E-state index is -0.124. The summed E-state index contributed by atoms with van der Waals surface area (Å²) in [6.07, 6.45) is 0. The molecule has 0 unspecified atom stereocenters. The van der Waals surface area contributed by atoms with Crippen molar-refractivity contribution in [3.8, 4) is 27.9 Å². The Bertz CT molecular complexity index is 2370. The quantitative estimate of drug-likeness (QED) is 0.194. The monoisotopic (exact) mass is 535 g/mol. The maximum atomic E-state index is 2.51. The molecule has 9 rings (SSSR count). The Labute approximate surface area is 245 Å². The lowest BCUT2D eigenvalue weighted by atomic mass is 9.74. The lowest BCUT2D eigenvalue weighted by molar-refractivity contribution is 0.630. The number of hydrogen-bond acceptors (Lipinski definition) is 0. The zero-order valence-corrected chi connectivity index (χ0v) is 23.7. The van der Waals surface area contributed by atoms with E-state index in [4.69, 9.17) is 0 Å². The first-order valence-corrected chi connectivity index (χ1v) is 14.8. The van der Waals surface area contributed by atoms with Crippen molar-refractivity contribution in [2.24, 2.45) is 0 Å². The van der Waals surface area contributed by atoms with Gasteiger partial charge in [0.05, 0.1) is 16.7 Å². The van der Waals surface area contributed by atoms with Crippen LogP contribution in [0, 0.1) is 0 Å². The lowest BCUT2D eigenvalue weighted by Gasteiger charge is -2.35. The van der Waals surface area contributed by atoms with Gasteiger partial charge in [-0.3, -0.25) is 0 Å². The summed E-state index contributed by atoms with van der Waals surface area (Å²) in [6.45, 7) is 4.76. The summed E-state index contributed by atoms with van der Waals surface area (Å²) >= 11 is 0. The molecule has 7 aromatic carbocycles. The third-order valence-corrected chi connectivity index (χ3v) is 9.54. The molecule has 42 heavy (non-hydrogen) atoms. The van der Waals surface area contributed by atoms with Crippen molar-refractivity contribution in [2.75, 3.05) is 0 Å². The van der Waals surface area contributed by atoms with Crippen molar-refractivity contribution in [1.29, 1.82) is 0 Å². The summed E-state index contributed by atoms with van der Waals surface area (Å²) in [5.41, 5.74) is 11.5. The van der Waals surface area contributed by atoms with E-state index in [0.29, 0.717) is 0 Å². The first kappa shape index (κ1) is 23.6. The maximum absolute atomic E-state index is 2.51. The van der Waals surface area contributed by atoms with E-state index in [1.54, 1.807) is 0 Å². The highest BCUT2D eigenvalue weighted by atomic mass is 15.0. The van der Waals surface area contributed by atoms with Gasteiger partial charge in [-0.2, -0.15) is 0 Å². The molecule has 1 aliphatic heterocycles. The van der Waals surface area contributed by atoms with E-state index in [9.17, 15) is 0 Å². The van der Waals surface area contributed by atoms with Crippen molar-refractivity contribution in [1.82, 2.24) is 4.57 Å². The molecule has 1 nitrogen and oxygen atoms in total. The maximum Gasteiger partial charge on any atom is 0.0582 e. The SMILES string of the molecule is CC1(C)c2ccccc2-n2c3ccc(-c4cc5ccccc5c5ccccc45)cc3c3cc(-c4ccccc4)cc1c32. The molecule has 198 valence electrons. The van der Waals surface area contributed by atoms with Crippen molar-refractivity contribution >= 4 is 43.4 Å². The fourth-order valence-electron chi connectivity index (χ4n) is 7.47. The first-order chi connectivity index (χ1) is 20.6. The first-order valence-electron chi connectivity index (χ1n) is 14.8. The third kappa shape index (κ3) is 3.14. The van der Waals surface area contributed by atoms with Gasteiger partial charge >= 0.3 is 0 Å². The predicted octanol–water partition coefficient (Wildman–Crippen LogP) is 11.1. The molecule has 1 heteroatoms. The highest BCUT2D eigenvalue weighted by Crippen LogP contribution is 2.49. The van der Waals surface area contributed by atoms with E-state index in [1.807, 2.05) is 0 Å². The highest BCUT2D eigenvalue weighted by Gasteiger charge is 2.35. The molecule has 0 N–H and O–H groups in total. The van der Waals surface area contributed by atoms with Gasteiger partial charge in [-0.1, -0.05) is 117 Å². The van der Waals surface area contributed by atoms with Crippen molar-refractivity contribution in [3.63, 3.8) is 0 Å². The molecule has 0 spiro atoms. The van der Waals surface area contributed by atoms with Crippen LogP contribution in [-0.2, 0) is 5.41 Å². The van der Waals surface area contributed by atoms with Crippen LogP contribution in [0.1, 0.15) is 25.0 Å². The fraction of sp³-hybridized carbons (Fsp3) is 0.0732. The Morgan fingerprint density at radius 3 is 2.00 bits per heavy atom. The molecule has 1 aromatic heterocycles. The second kappa shape index (κ2) is 8.44. The smallest absolute Gasteiger partial charge is 0.0582 e. The van der Waals surface area contributed by atoms with Gasteiger partial charge in [-0.25, -0.2) is 0 Å². The molecular weight excluding hydrogens is 506 g/mol. The summed E-state index contributed by atoms with van der Waals surface area (Å²) in [5.74, 6) is 0. The standard InChI is InChI=1S/C41H29N/c1-41(2)36-18-10-11-19-39(36)42-38-21-20-28(33-22-27-14-6-7-15-30(27)31-16-8-9-17-32(31)33)23-34(38)35-24-29(25-37(41)40(35)42)26-12-4-3-5-13-26/h3-25H,1-2H3. The number of hydrogen-bond donors (Lipinski definition) is 0. The van der Waals surface area contributed by atoms with E-state index in [-0.39, 0.29) is 5.41 Å². The van der Waals surface area contributed by atoms with Gasteiger partial charge < -0.3 is 4.57 Å². The molecule has 0 bridgehead atoms. The number of fused-ring (bicyclic) bond motifs is 8. The van der Waals surface area contributed by atoms with Crippen molar-refractivity contribution in [2.45, 2.75) is 19.3 Å². The minimum absolute atomic E-state index is 0.124. The van der Waals surface area contributed by atoms with Gasteiger partial charge in [0.15, 0.2) is 0 Å². The topological polar surface area (TPSA) is 4.93 Å². The summed E-state index contributed by atoms with van der Waals surface area (Å²) in [4.78, 5) is 0. The number of rotatable bonds is 2.